The molecule has 1 aromatic heterocycles. The van der Waals surface area contributed by atoms with Crippen molar-refractivity contribution in [3.63, 3.8) is 0 Å². The van der Waals surface area contributed by atoms with Crippen LogP contribution in [0.3, 0.4) is 0 Å². The second-order valence-electron chi connectivity index (χ2n) is 3.31. The molecule has 0 spiro atoms. The van der Waals surface area contributed by atoms with Gasteiger partial charge in [-0.1, -0.05) is 0 Å². The Morgan fingerprint density at radius 3 is 3.50 bits per heavy atom. The highest BCUT2D eigenvalue weighted by atomic mass is 16.6. The number of fused-ring (bicyclic) bond motifs is 3. The Kier molecular flexibility index (Phi) is 1.11. The third-order valence-corrected chi connectivity index (χ3v) is 2.63. The van der Waals surface area contributed by atoms with Crippen LogP contribution in [0.4, 0.5) is 11.6 Å². The van der Waals surface area contributed by atoms with Gasteiger partial charge in [-0.25, -0.2) is 4.63 Å². The van der Waals surface area contributed by atoms with Crippen LogP contribution in [-0.2, 0) is 0 Å². The smallest absolute Gasteiger partial charge is 0.218 e. The monoisotopic (exact) mass is 166 g/mol. The molecule has 5 heteroatoms. The standard InChI is InChI=1S/C7H10N4O/c1-2-5-4-8-6-7(10-12-9-6)11(5)3-1/h5H,1-4H2,(H,8,9). The lowest BCUT2D eigenvalue weighted by molar-refractivity contribution is 0.309. The second kappa shape index (κ2) is 2.12. The van der Waals surface area contributed by atoms with Crippen molar-refractivity contribution in [3.05, 3.63) is 0 Å². The number of hydrogen-bond donors (Lipinski definition) is 1. The first-order chi connectivity index (χ1) is 5.95. The molecule has 1 aromatic rings. The average molecular weight is 166 g/mol. The molecule has 0 radical (unpaired) electrons. The SMILES string of the molecule is C1CC2CNc3nonc3N2C1. The minimum atomic E-state index is 0.601. The van der Waals surface area contributed by atoms with E-state index in [1.54, 1.807) is 0 Å². The number of hydrogen-bond acceptors (Lipinski definition) is 5. The molecule has 0 amide bonds. The molecule has 1 unspecified atom stereocenters. The van der Waals surface area contributed by atoms with Gasteiger partial charge >= 0.3 is 0 Å². The van der Waals surface area contributed by atoms with E-state index >= 15 is 0 Å². The molecule has 1 N–H and O–H groups in total. The quantitative estimate of drug-likeness (QED) is 0.607. The number of rotatable bonds is 0. The Hall–Kier alpha value is -1.26. The van der Waals surface area contributed by atoms with Crippen LogP contribution in [0, 0.1) is 0 Å². The van der Waals surface area contributed by atoms with Crippen LogP contribution in [0.2, 0.25) is 0 Å². The molecule has 1 atom stereocenters. The lowest BCUT2D eigenvalue weighted by atomic mass is 10.2. The van der Waals surface area contributed by atoms with E-state index in [4.69, 9.17) is 0 Å². The molecule has 2 aliphatic heterocycles. The summed E-state index contributed by atoms with van der Waals surface area (Å²) in [6.07, 6.45) is 2.50. The third-order valence-electron chi connectivity index (χ3n) is 2.63. The molecular weight excluding hydrogens is 156 g/mol. The lowest BCUT2D eigenvalue weighted by Crippen LogP contribution is -2.39. The van der Waals surface area contributed by atoms with Crippen LogP contribution in [0.5, 0.6) is 0 Å². The molecule has 1 saturated heterocycles. The molecule has 64 valence electrons. The predicted molar refractivity (Wildman–Crippen MR) is 43.2 cm³/mol. The first-order valence-electron chi connectivity index (χ1n) is 4.28. The first-order valence-corrected chi connectivity index (χ1v) is 4.28. The highest BCUT2D eigenvalue weighted by molar-refractivity contribution is 5.63. The van der Waals surface area contributed by atoms with E-state index in [2.05, 4.69) is 25.2 Å². The molecule has 1 fully saturated rings. The van der Waals surface area contributed by atoms with E-state index in [1.165, 1.54) is 12.8 Å². The Bertz CT molecular complexity index is 297. The van der Waals surface area contributed by atoms with Gasteiger partial charge in [0.05, 0.1) is 0 Å². The van der Waals surface area contributed by atoms with Gasteiger partial charge in [0.1, 0.15) is 0 Å². The highest BCUT2D eigenvalue weighted by Gasteiger charge is 2.33. The Labute approximate surface area is 69.7 Å². The molecule has 0 bridgehead atoms. The van der Waals surface area contributed by atoms with Gasteiger partial charge in [-0.3, -0.25) is 0 Å². The van der Waals surface area contributed by atoms with Gasteiger partial charge in [-0.15, -0.1) is 0 Å². The zero-order valence-electron chi connectivity index (χ0n) is 6.66. The topological polar surface area (TPSA) is 54.2 Å². The van der Waals surface area contributed by atoms with Gasteiger partial charge in [-0.05, 0) is 23.2 Å². The van der Waals surface area contributed by atoms with Crippen LogP contribution in [0.1, 0.15) is 12.8 Å². The van der Waals surface area contributed by atoms with Crippen molar-refractivity contribution in [2.75, 3.05) is 23.3 Å². The maximum Gasteiger partial charge on any atom is 0.218 e. The van der Waals surface area contributed by atoms with E-state index in [9.17, 15) is 0 Å². The predicted octanol–water partition coefficient (Wildman–Crippen LogP) is 0.464. The summed E-state index contributed by atoms with van der Waals surface area (Å²) >= 11 is 0. The van der Waals surface area contributed by atoms with Gasteiger partial charge in [0.25, 0.3) is 0 Å². The zero-order chi connectivity index (χ0) is 7.97. The van der Waals surface area contributed by atoms with Crippen LogP contribution in [-0.4, -0.2) is 29.4 Å². The molecule has 12 heavy (non-hydrogen) atoms. The second-order valence-corrected chi connectivity index (χ2v) is 3.31. The summed E-state index contributed by atoms with van der Waals surface area (Å²) in [6, 6.07) is 0.601. The molecule has 2 aliphatic rings. The van der Waals surface area contributed by atoms with Crippen molar-refractivity contribution in [3.8, 4) is 0 Å². The average Bonchev–Trinajstić information content (AvgIpc) is 2.71. The van der Waals surface area contributed by atoms with Gasteiger partial charge in [0.15, 0.2) is 0 Å². The Balaban J connectivity index is 2.04. The minimum absolute atomic E-state index is 0.601. The number of nitrogens with one attached hydrogen (secondary N) is 1. The Morgan fingerprint density at radius 2 is 2.50 bits per heavy atom. The molecule has 3 heterocycles. The van der Waals surface area contributed by atoms with Crippen molar-refractivity contribution in [1.29, 1.82) is 0 Å². The first kappa shape index (κ1) is 6.28. The van der Waals surface area contributed by atoms with Gasteiger partial charge in [0, 0.05) is 19.1 Å². The normalized spacial score (nSPS) is 26.3. The van der Waals surface area contributed by atoms with Crippen molar-refractivity contribution < 1.29 is 4.63 Å². The summed E-state index contributed by atoms with van der Waals surface area (Å²) in [4.78, 5) is 2.28. The van der Waals surface area contributed by atoms with Crippen molar-refractivity contribution in [1.82, 2.24) is 10.3 Å². The summed E-state index contributed by atoms with van der Waals surface area (Å²) in [6.45, 7) is 2.06. The van der Waals surface area contributed by atoms with E-state index in [1.807, 2.05) is 0 Å². The molecule has 0 aromatic carbocycles. The largest absolute Gasteiger partial charge is 0.362 e. The summed E-state index contributed by atoms with van der Waals surface area (Å²) in [5.41, 5.74) is 0. The van der Waals surface area contributed by atoms with Crippen molar-refractivity contribution in [2.45, 2.75) is 18.9 Å². The molecule has 0 aliphatic carbocycles. The van der Waals surface area contributed by atoms with Crippen molar-refractivity contribution >= 4 is 11.6 Å². The maximum absolute atomic E-state index is 4.67. The third kappa shape index (κ3) is 0.680. The van der Waals surface area contributed by atoms with Gasteiger partial charge in [0.2, 0.25) is 11.6 Å². The summed E-state index contributed by atoms with van der Waals surface area (Å²) in [5.74, 6) is 1.69. The number of nitrogens with zero attached hydrogens (tertiary/aromatic N) is 3. The minimum Gasteiger partial charge on any atom is -0.362 e. The zero-order valence-corrected chi connectivity index (χ0v) is 6.66. The molecule has 0 saturated carbocycles. The highest BCUT2D eigenvalue weighted by Crippen LogP contribution is 2.32. The van der Waals surface area contributed by atoms with Crippen molar-refractivity contribution in [2.24, 2.45) is 0 Å². The van der Waals surface area contributed by atoms with E-state index in [0.717, 1.165) is 24.7 Å². The fraction of sp³-hybridized carbons (Fsp3) is 0.714. The fourth-order valence-corrected chi connectivity index (χ4v) is 2.03. The van der Waals surface area contributed by atoms with Gasteiger partial charge in [-0.2, -0.15) is 0 Å². The lowest BCUT2D eigenvalue weighted by Gasteiger charge is -2.28. The summed E-state index contributed by atoms with van der Waals surface area (Å²) in [7, 11) is 0. The molecular formula is C7H10N4O. The molecule has 5 nitrogen and oxygen atoms in total. The molecule has 3 rings (SSSR count). The maximum atomic E-state index is 4.67. The van der Waals surface area contributed by atoms with Crippen LogP contribution >= 0.6 is 0 Å². The van der Waals surface area contributed by atoms with E-state index in [-0.39, 0.29) is 0 Å². The summed E-state index contributed by atoms with van der Waals surface area (Å²) in [5, 5.41) is 10.9. The van der Waals surface area contributed by atoms with Gasteiger partial charge < -0.3 is 10.2 Å². The summed E-state index contributed by atoms with van der Waals surface area (Å²) < 4.78 is 4.67. The van der Waals surface area contributed by atoms with E-state index < -0.39 is 0 Å². The van der Waals surface area contributed by atoms with Crippen LogP contribution in [0.15, 0.2) is 4.63 Å². The number of aromatic nitrogens is 2. The van der Waals surface area contributed by atoms with E-state index in [0.29, 0.717) is 6.04 Å². The van der Waals surface area contributed by atoms with Crippen LogP contribution < -0.4 is 10.2 Å². The van der Waals surface area contributed by atoms with Crippen LogP contribution in [0.25, 0.3) is 0 Å². The fourth-order valence-electron chi connectivity index (χ4n) is 2.03. The number of anilines is 2. The Morgan fingerprint density at radius 1 is 1.50 bits per heavy atom.